The number of piperidine rings is 2. The van der Waals surface area contributed by atoms with Gasteiger partial charge < -0.3 is 19.4 Å². The van der Waals surface area contributed by atoms with Crippen molar-refractivity contribution in [3.63, 3.8) is 0 Å². The monoisotopic (exact) mass is 402 g/mol. The van der Waals surface area contributed by atoms with Gasteiger partial charge in [0.25, 0.3) is 0 Å². The van der Waals surface area contributed by atoms with Gasteiger partial charge in [-0.25, -0.2) is 0 Å². The predicted octanol–water partition coefficient (Wildman–Crippen LogP) is 2.49. The summed E-state index contributed by atoms with van der Waals surface area (Å²) in [6.07, 6.45) is 10.2. The number of nitrogens with zero attached hydrogens (tertiary/aromatic N) is 6. The third-order valence-electron chi connectivity index (χ3n) is 6.46. The molecule has 0 radical (unpaired) electrons. The topological polar surface area (TPSA) is 74.7 Å². The minimum atomic E-state index is 0.137. The summed E-state index contributed by atoms with van der Waals surface area (Å²) in [6.45, 7) is 5.44. The van der Waals surface area contributed by atoms with E-state index in [9.17, 15) is 4.79 Å². The van der Waals surface area contributed by atoms with Gasteiger partial charge >= 0.3 is 6.01 Å². The highest BCUT2D eigenvalue weighted by Gasteiger charge is 2.30. The Hall–Kier alpha value is -2.12. The number of likely N-dealkylation sites (tertiary alicyclic amines) is 1. The molecule has 3 saturated heterocycles. The first-order valence-corrected chi connectivity index (χ1v) is 11.3. The Kier molecular flexibility index (Phi) is 6.67. The molecule has 4 heterocycles. The molecule has 0 bridgehead atoms. The van der Waals surface area contributed by atoms with E-state index in [0.29, 0.717) is 17.9 Å². The number of ether oxygens (including phenoxy) is 1. The predicted molar refractivity (Wildman–Crippen MR) is 112 cm³/mol. The Bertz CT molecular complexity index is 678. The first kappa shape index (κ1) is 20.2. The van der Waals surface area contributed by atoms with Crippen molar-refractivity contribution in [2.45, 2.75) is 57.8 Å². The van der Waals surface area contributed by atoms with Crippen LogP contribution in [-0.4, -0.2) is 72.1 Å². The van der Waals surface area contributed by atoms with E-state index in [1.807, 2.05) is 0 Å². The number of hydrogen-bond acceptors (Lipinski definition) is 7. The van der Waals surface area contributed by atoms with Crippen molar-refractivity contribution in [3.8, 4) is 6.01 Å². The Morgan fingerprint density at radius 3 is 1.86 bits per heavy atom. The van der Waals surface area contributed by atoms with Gasteiger partial charge in [-0.15, -0.1) is 0 Å². The molecule has 8 heteroatoms. The third-order valence-corrected chi connectivity index (χ3v) is 6.46. The van der Waals surface area contributed by atoms with Gasteiger partial charge in [-0.3, -0.25) is 4.79 Å². The van der Waals surface area contributed by atoms with E-state index in [-0.39, 0.29) is 5.92 Å². The average molecular weight is 403 g/mol. The molecule has 8 nitrogen and oxygen atoms in total. The highest BCUT2D eigenvalue weighted by atomic mass is 16.5. The van der Waals surface area contributed by atoms with Crippen LogP contribution in [0, 0.1) is 5.92 Å². The molecule has 0 N–H and O–H groups in total. The van der Waals surface area contributed by atoms with Crippen LogP contribution in [0.4, 0.5) is 11.9 Å². The summed E-state index contributed by atoms with van der Waals surface area (Å²) >= 11 is 0. The van der Waals surface area contributed by atoms with Crippen LogP contribution in [0.15, 0.2) is 0 Å². The molecule has 1 aromatic heterocycles. The molecule has 29 heavy (non-hydrogen) atoms. The number of rotatable bonds is 4. The summed E-state index contributed by atoms with van der Waals surface area (Å²) in [4.78, 5) is 33.2. The quantitative estimate of drug-likeness (QED) is 0.766. The van der Waals surface area contributed by atoms with Crippen molar-refractivity contribution in [1.82, 2.24) is 19.9 Å². The Morgan fingerprint density at radius 1 is 0.759 bits per heavy atom. The minimum absolute atomic E-state index is 0.137. The van der Waals surface area contributed by atoms with Crippen LogP contribution < -0.4 is 14.5 Å². The van der Waals surface area contributed by atoms with Crippen molar-refractivity contribution in [2.24, 2.45) is 5.92 Å². The SMILES string of the molecule is COc1nc(N2CCCCCC2)nc(N2CCC(C(=O)N3CCCCC3)CC2)n1. The van der Waals surface area contributed by atoms with Crippen LogP contribution in [0.25, 0.3) is 0 Å². The van der Waals surface area contributed by atoms with Crippen molar-refractivity contribution in [1.29, 1.82) is 0 Å². The molecule has 1 aromatic rings. The highest BCUT2D eigenvalue weighted by Crippen LogP contribution is 2.26. The first-order chi connectivity index (χ1) is 14.2. The molecule has 160 valence electrons. The Balaban J connectivity index is 1.42. The number of aromatic nitrogens is 3. The van der Waals surface area contributed by atoms with E-state index in [1.165, 1.54) is 32.1 Å². The molecule has 3 aliphatic heterocycles. The van der Waals surface area contributed by atoms with Gasteiger partial charge in [0.2, 0.25) is 17.8 Å². The zero-order valence-electron chi connectivity index (χ0n) is 17.7. The second kappa shape index (κ2) is 9.59. The average Bonchev–Trinajstić information content (AvgIpc) is 3.09. The molecule has 0 spiro atoms. The fourth-order valence-electron chi connectivity index (χ4n) is 4.68. The summed E-state index contributed by atoms with van der Waals surface area (Å²) in [7, 11) is 1.61. The molecule has 0 unspecified atom stereocenters. The molecule has 0 aromatic carbocycles. The van der Waals surface area contributed by atoms with Gasteiger partial charge in [0.05, 0.1) is 7.11 Å². The second-order valence-corrected chi connectivity index (χ2v) is 8.47. The second-order valence-electron chi connectivity index (χ2n) is 8.47. The lowest BCUT2D eigenvalue weighted by atomic mass is 9.94. The van der Waals surface area contributed by atoms with Crippen LogP contribution >= 0.6 is 0 Å². The largest absolute Gasteiger partial charge is 0.467 e. The van der Waals surface area contributed by atoms with E-state index < -0.39 is 0 Å². The highest BCUT2D eigenvalue weighted by molar-refractivity contribution is 5.79. The fourth-order valence-corrected chi connectivity index (χ4v) is 4.68. The Morgan fingerprint density at radius 2 is 1.28 bits per heavy atom. The molecular weight excluding hydrogens is 368 g/mol. The van der Waals surface area contributed by atoms with Gasteiger partial charge in [-0.1, -0.05) is 12.8 Å². The maximum atomic E-state index is 12.8. The zero-order valence-corrected chi connectivity index (χ0v) is 17.7. The number of amides is 1. The van der Waals surface area contributed by atoms with Crippen LogP contribution in [0.5, 0.6) is 6.01 Å². The smallest absolute Gasteiger partial charge is 0.322 e. The zero-order chi connectivity index (χ0) is 20.1. The lowest BCUT2D eigenvalue weighted by Gasteiger charge is -2.35. The van der Waals surface area contributed by atoms with Crippen LogP contribution in [0.2, 0.25) is 0 Å². The molecule has 1 amide bonds. The molecule has 3 aliphatic rings. The number of anilines is 2. The van der Waals surface area contributed by atoms with Gasteiger partial charge in [0.15, 0.2) is 0 Å². The molecule has 4 rings (SSSR count). The van der Waals surface area contributed by atoms with Gasteiger partial charge in [0.1, 0.15) is 0 Å². The summed E-state index contributed by atoms with van der Waals surface area (Å²) in [6, 6.07) is 0.376. The summed E-state index contributed by atoms with van der Waals surface area (Å²) in [5.41, 5.74) is 0. The van der Waals surface area contributed by atoms with Gasteiger partial charge in [0, 0.05) is 45.2 Å². The van der Waals surface area contributed by atoms with Crippen molar-refractivity contribution < 1.29 is 9.53 Å². The molecule has 0 aliphatic carbocycles. The number of methoxy groups -OCH3 is 1. The van der Waals surface area contributed by atoms with E-state index in [0.717, 1.165) is 70.9 Å². The van der Waals surface area contributed by atoms with Crippen LogP contribution in [0.3, 0.4) is 0 Å². The first-order valence-electron chi connectivity index (χ1n) is 11.3. The van der Waals surface area contributed by atoms with E-state index in [2.05, 4.69) is 24.7 Å². The fraction of sp³-hybridized carbons (Fsp3) is 0.810. The number of carbonyl (C=O) groups excluding carboxylic acids is 1. The molecule has 0 atom stereocenters. The van der Waals surface area contributed by atoms with Crippen molar-refractivity contribution in [3.05, 3.63) is 0 Å². The van der Waals surface area contributed by atoms with Crippen molar-refractivity contribution >= 4 is 17.8 Å². The van der Waals surface area contributed by atoms with Crippen LogP contribution in [-0.2, 0) is 4.79 Å². The standard InChI is InChI=1S/C21H34N6O2/c1-29-21-23-19(26-13-5-2-3-6-14-26)22-20(24-21)27-15-9-17(10-16-27)18(28)25-11-7-4-8-12-25/h17H,2-16H2,1H3. The lowest BCUT2D eigenvalue weighted by molar-refractivity contribution is -0.137. The third kappa shape index (κ3) is 4.90. The summed E-state index contributed by atoms with van der Waals surface area (Å²) in [5, 5.41) is 0. The van der Waals surface area contributed by atoms with Gasteiger partial charge in [-0.2, -0.15) is 15.0 Å². The summed E-state index contributed by atoms with van der Waals surface area (Å²) < 4.78 is 5.37. The maximum Gasteiger partial charge on any atom is 0.322 e. The van der Waals surface area contributed by atoms with Crippen LogP contribution in [0.1, 0.15) is 57.8 Å². The Labute approximate surface area is 173 Å². The molecule has 3 fully saturated rings. The minimum Gasteiger partial charge on any atom is -0.467 e. The van der Waals surface area contributed by atoms with E-state index >= 15 is 0 Å². The summed E-state index contributed by atoms with van der Waals surface area (Å²) in [5.74, 6) is 1.89. The van der Waals surface area contributed by atoms with E-state index in [4.69, 9.17) is 9.72 Å². The number of hydrogen-bond donors (Lipinski definition) is 0. The van der Waals surface area contributed by atoms with E-state index in [1.54, 1.807) is 7.11 Å². The number of carbonyl (C=O) groups is 1. The maximum absolute atomic E-state index is 12.8. The van der Waals surface area contributed by atoms with Gasteiger partial charge in [-0.05, 0) is 44.9 Å². The van der Waals surface area contributed by atoms with Crippen molar-refractivity contribution in [2.75, 3.05) is 56.2 Å². The molecule has 0 saturated carbocycles. The normalized spacial score (nSPS) is 21.8. The lowest BCUT2D eigenvalue weighted by Crippen LogP contribution is -2.44. The molecular formula is C21H34N6O2.